The molecule has 0 aliphatic carbocycles. The van der Waals surface area contributed by atoms with Crippen molar-refractivity contribution in [1.82, 2.24) is 0 Å². The summed E-state index contributed by atoms with van der Waals surface area (Å²) >= 11 is 0. The maximum atomic E-state index is 12.5. The predicted octanol–water partition coefficient (Wildman–Crippen LogP) is 11.6. The summed E-state index contributed by atoms with van der Waals surface area (Å²) in [5.41, 5.74) is 0. The SMILES string of the molecule is CCCCCCCCCC(O)CCCCCCCC(=O)OC(CCCCCCCC)CCCCCCCC. The zero-order valence-corrected chi connectivity index (χ0v) is 26.4. The molecule has 0 aromatic heterocycles. The van der Waals surface area contributed by atoms with Crippen LogP contribution in [0.25, 0.3) is 0 Å². The highest BCUT2D eigenvalue weighted by atomic mass is 16.5. The van der Waals surface area contributed by atoms with Gasteiger partial charge >= 0.3 is 5.97 Å². The van der Waals surface area contributed by atoms with Gasteiger partial charge in [-0.2, -0.15) is 0 Å². The minimum atomic E-state index is -0.115. The topological polar surface area (TPSA) is 46.5 Å². The van der Waals surface area contributed by atoms with Gasteiger partial charge in [-0.25, -0.2) is 0 Å². The first-order chi connectivity index (χ1) is 18.6. The Labute approximate surface area is 239 Å². The highest BCUT2D eigenvalue weighted by Crippen LogP contribution is 2.19. The second-order valence-corrected chi connectivity index (χ2v) is 12.1. The third kappa shape index (κ3) is 28.4. The lowest BCUT2D eigenvalue weighted by atomic mass is 10.0. The van der Waals surface area contributed by atoms with Crippen LogP contribution < -0.4 is 0 Å². The first-order valence-electron chi connectivity index (χ1n) is 17.5. The van der Waals surface area contributed by atoms with E-state index >= 15 is 0 Å². The molecule has 0 rings (SSSR count). The minimum Gasteiger partial charge on any atom is -0.462 e. The molecule has 0 heterocycles. The fourth-order valence-corrected chi connectivity index (χ4v) is 5.47. The summed E-state index contributed by atoms with van der Waals surface area (Å²) in [5.74, 6) is 0.0251. The van der Waals surface area contributed by atoms with Crippen LogP contribution in [0.5, 0.6) is 0 Å². The van der Waals surface area contributed by atoms with E-state index in [2.05, 4.69) is 20.8 Å². The van der Waals surface area contributed by atoms with Crippen molar-refractivity contribution in [3.63, 3.8) is 0 Å². The zero-order valence-electron chi connectivity index (χ0n) is 26.4. The second-order valence-electron chi connectivity index (χ2n) is 12.1. The molecule has 0 spiro atoms. The maximum Gasteiger partial charge on any atom is 0.306 e. The van der Waals surface area contributed by atoms with Gasteiger partial charge in [0.1, 0.15) is 6.10 Å². The average molecular weight is 539 g/mol. The molecule has 3 heteroatoms. The number of carbonyl (C=O) groups is 1. The molecule has 0 amide bonds. The molecular formula is C35H70O3. The summed E-state index contributed by atoms with van der Waals surface area (Å²) < 4.78 is 5.97. The summed E-state index contributed by atoms with van der Waals surface area (Å²) in [6, 6.07) is 0. The third-order valence-corrected chi connectivity index (χ3v) is 8.12. The Bertz CT molecular complexity index is 448. The van der Waals surface area contributed by atoms with Gasteiger partial charge in [0.25, 0.3) is 0 Å². The summed E-state index contributed by atoms with van der Waals surface area (Å²) in [4.78, 5) is 12.5. The Morgan fingerprint density at radius 1 is 0.474 bits per heavy atom. The van der Waals surface area contributed by atoms with Crippen LogP contribution in [0.1, 0.15) is 207 Å². The van der Waals surface area contributed by atoms with Crippen molar-refractivity contribution in [2.75, 3.05) is 0 Å². The Hall–Kier alpha value is -0.570. The normalized spacial score (nSPS) is 12.3. The van der Waals surface area contributed by atoms with Crippen molar-refractivity contribution >= 4 is 5.97 Å². The van der Waals surface area contributed by atoms with Crippen LogP contribution in [-0.2, 0) is 9.53 Å². The lowest BCUT2D eigenvalue weighted by Gasteiger charge is -2.18. The van der Waals surface area contributed by atoms with Crippen LogP contribution in [-0.4, -0.2) is 23.3 Å². The standard InChI is InChI=1S/C35H70O3/c1-4-7-10-13-16-18-23-28-33(36)29-24-19-17-22-27-32-35(37)38-34(30-25-20-14-11-8-5-2)31-26-21-15-12-9-6-3/h33-34,36H,4-32H2,1-3H3. The van der Waals surface area contributed by atoms with Gasteiger partial charge in [0.05, 0.1) is 6.10 Å². The van der Waals surface area contributed by atoms with Crippen molar-refractivity contribution in [3.05, 3.63) is 0 Å². The number of rotatable bonds is 31. The van der Waals surface area contributed by atoms with E-state index in [-0.39, 0.29) is 18.2 Å². The molecule has 0 saturated heterocycles. The van der Waals surface area contributed by atoms with Gasteiger partial charge in [-0.3, -0.25) is 4.79 Å². The van der Waals surface area contributed by atoms with Gasteiger partial charge in [0, 0.05) is 6.42 Å². The van der Waals surface area contributed by atoms with Gasteiger partial charge < -0.3 is 9.84 Å². The highest BCUT2D eigenvalue weighted by molar-refractivity contribution is 5.69. The maximum absolute atomic E-state index is 12.5. The Morgan fingerprint density at radius 2 is 0.789 bits per heavy atom. The van der Waals surface area contributed by atoms with Crippen LogP contribution in [0.15, 0.2) is 0 Å². The third-order valence-electron chi connectivity index (χ3n) is 8.12. The predicted molar refractivity (Wildman–Crippen MR) is 167 cm³/mol. The summed E-state index contributed by atoms with van der Waals surface area (Å²) in [6.07, 6.45) is 34.8. The van der Waals surface area contributed by atoms with E-state index < -0.39 is 0 Å². The van der Waals surface area contributed by atoms with Crippen molar-refractivity contribution in [2.45, 2.75) is 219 Å². The number of carbonyl (C=O) groups excluding carboxylic acids is 1. The highest BCUT2D eigenvalue weighted by Gasteiger charge is 2.14. The number of hydrogen-bond acceptors (Lipinski definition) is 3. The molecule has 3 nitrogen and oxygen atoms in total. The van der Waals surface area contributed by atoms with Gasteiger partial charge in [-0.1, -0.05) is 156 Å². The fraction of sp³-hybridized carbons (Fsp3) is 0.971. The molecule has 38 heavy (non-hydrogen) atoms. The van der Waals surface area contributed by atoms with Crippen molar-refractivity contribution in [2.24, 2.45) is 0 Å². The van der Waals surface area contributed by atoms with Gasteiger partial charge in [-0.05, 0) is 44.9 Å². The number of aliphatic hydroxyl groups excluding tert-OH is 1. The first kappa shape index (κ1) is 37.4. The molecule has 0 aromatic rings. The number of hydrogen-bond donors (Lipinski definition) is 1. The monoisotopic (exact) mass is 539 g/mol. The van der Waals surface area contributed by atoms with E-state index in [1.54, 1.807) is 0 Å². The molecule has 0 bridgehead atoms. The lowest BCUT2D eigenvalue weighted by molar-refractivity contribution is -0.150. The fourth-order valence-electron chi connectivity index (χ4n) is 5.47. The molecular weight excluding hydrogens is 468 g/mol. The van der Waals surface area contributed by atoms with Gasteiger partial charge in [0.15, 0.2) is 0 Å². The van der Waals surface area contributed by atoms with E-state index in [0.717, 1.165) is 51.4 Å². The van der Waals surface area contributed by atoms with Crippen LogP contribution in [0, 0.1) is 0 Å². The van der Waals surface area contributed by atoms with Gasteiger partial charge in [-0.15, -0.1) is 0 Å². The molecule has 1 atom stereocenters. The van der Waals surface area contributed by atoms with Crippen LogP contribution in [0.2, 0.25) is 0 Å². The quantitative estimate of drug-likeness (QED) is 0.0705. The molecule has 0 fully saturated rings. The Morgan fingerprint density at radius 3 is 1.18 bits per heavy atom. The van der Waals surface area contributed by atoms with Crippen LogP contribution in [0.3, 0.4) is 0 Å². The smallest absolute Gasteiger partial charge is 0.306 e. The molecule has 1 N–H and O–H groups in total. The summed E-state index contributed by atoms with van der Waals surface area (Å²) in [7, 11) is 0. The largest absolute Gasteiger partial charge is 0.462 e. The molecule has 0 radical (unpaired) electrons. The van der Waals surface area contributed by atoms with Crippen LogP contribution in [0.4, 0.5) is 0 Å². The van der Waals surface area contributed by atoms with Crippen molar-refractivity contribution < 1.29 is 14.6 Å². The lowest BCUT2D eigenvalue weighted by Crippen LogP contribution is -2.18. The van der Waals surface area contributed by atoms with E-state index in [1.807, 2.05) is 0 Å². The summed E-state index contributed by atoms with van der Waals surface area (Å²) in [5, 5.41) is 10.2. The van der Waals surface area contributed by atoms with Crippen LogP contribution >= 0.6 is 0 Å². The molecule has 1 unspecified atom stereocenters. The summed E-state index contributed by atoms with van der Waals surface area (Å²) in [6.45, 7) is 6.79. The number of esters is 1. The Kier molecular flexibility index (Phi) is 30.5. The Balaban J connectivity index is 3.87. The van der Waals surface area contributed by atoms with E-state index in [9.17, 15) is 9.90 Å². The van der Waals surface area contributed by atoms with Crippen molar-refractivity contribution in [1.29, 1.82) is 0 Å². The molecule has 0 aromatic carbocycles. The number of unbranched alkanes of at least 4 members (excludes halogenated alkanes) is 20. The van der Waals surface area contributed by atoms with Crippen molar-refractivity contribution in [3.8, 4) is 0 Å². The van der Waals surface area contributed by atoms with E-state index in [4.69, 9.17) is 4.74 Å². The minimum absolute atomic E-state index is 0.0251. The average Bonchev–Trinajstić information content (AvgIpc) is 2.91. The number of ether oxygens (including phenoxy) is 1. The molecule has 0 aliphatic heterocycles. The van der Waals surface area contributed by atoms with Gasteiger partial charge in [0.2, 0.25) is 0 Å². The second kappa shape index (κ2) is 31.0. The number of aliphatic hydroxyl groups is 1. The van der Waals surface area contributed by atoms with E-state index in [1.165, 1.54) is 128 Å². The first-order valence-corrected chi connectivity index (χ1v) is 17.5. The molecule has 228 valence electrons. The molecule has 0 saturated carbocycles. The van der Waals surface area contributed by atoms with E-state index in [0.29, 0.717) is 6.42 Å². The molecule has 0 aliphatic rings. The zero-order chi connectivity index (χ0) is 27.9.